The lowest BCUT2D eigenvalue weighted by Crippen LogP contribution is -2.41. The fourth-order valence-electron chi connectivity index (χ4n) is 1.96. The van der Waals surface area contributed by atoms with E-state index in [1.807, 2.05) is 0 Å². The number of aliphatic hydroxyl groups is 1. The Morgan fingerprint density at radius 1 is 1.00 bits per heavy atom. The van der Waals surface area contributed by atoms with E-state index in [0.717, 1.165) is 24.4 Å². The first kappa shape index (κ1) is 18.6. The molecule has 2 aromatic rings. The van der Waals surface area contributed by atoms with E-state index in [2.05, 4.69) is 4.74 Å². The highest BCUT2D eigenvalue weighted by Gasteiger charge is 2.35. The van der Waals surface area contributed by atoms with Gasteiger partial charge in [0.1, 0.15) is 17.8 Å². The summed E-state index contributed by atoms with van der Waals surface area (Å²) >= 11 is 0. The third-order valence-corrected chi connectivity index (χ3v) is 3.16. The van der Waals surface area contributed by atoms with Crippen LogP contribution in [0.15, 0.2) is 42.6 Å². The van der Waals surface area contributed by atoms with E-state index in [1.54, 1.807) is 0 Å². The van der Waals surface area contributed by atoms with Crippen molar-refractivity contribution in [2.75, 3.05) is 6.61 Å². The van der Waals surface area contributed by atoms with Crippen molar-refractivity contribution in [1.29, 1.82) is 10.8 Å². The van der Waals surface area contributed by atoms with Gasteiger partial charge < -0.3 is 9.84 Å². The second kappa shape index (κ2) is 6.63. The summed E-state index contributed by atoms with van der Waals surface area (Å²) in [6.07, 6.45) is -3.77. The van der Waals surface area contributed by atoms with Crippen molar-refractivity contribution in [2.45, 2.75) is 12.3 Å². The Hall–Kier alpha value is -2.75. The van der Waals surface area contributed by atoms with Crippen LogP contribution in [-0.2, 0) is 0 Å². The first-order chi connectivity index (χ1) is 11.5. The van der Waals surface area contributed by atoms with E-state index in [4.69, 9.17) is 15.9 Å². The lowest BCUT2D eigenvalue weighted by molar-refractivity contribution is -0.274. The van der Waals surface area contributed by atoms with E-state index in [1.165, 1.54) is 18.2 Å². The van der Waals surface area contributed by atoms with E-state index in [9.17, 15) is 22.0 Å². The van der Waals surface area contributed by atoms with Crippen molar-refractivity contribution in [3.8, 4) is 16.9 Å². The summed E-state index contributed by atoms with van der Waals surface area (Å²) in [5.41, 5.74) is 0.232. The minimum atomic E-state index is -4.83. The molecule has 10 heteroatoms. The van der Waals surface area contributed by atoms with Gasteiger partial charge in [0.15, 0.2) is 5.84 Å². The number of hydrogen-bond donors (Lipinski definition) is 3. The molecule has 0 bridgehead atoms. The molecule has 5 nitrogen and oxygen atoms in total. The monoisotopic (exact) mass is 361 g/mol. The maximum Gasteiger partial charge on any atom is 0.573 e. The third-order valence-electron chi connectivity index (χ3n) is 3.16. The van der Waals surface area contributed by atoms with Crippen LogP contribution in [0, 0.1) is 10.8 Å². The molecule has 0 aliphatic heterocycles. The zero-order valence-corrected chi connectivity index (χ0v) is 12.4. The SMILES string of the molecule is N=C(n1cc(-c2ccc(OC(F)(F)F)cc2)ccc1=N)C(F)(F)CO. The number of nitrogens with one attached hydrogen (secondary N) is 2. The molecular weight excluding hydrogens is 349 g/mol. The molecule has 0 spiro atoms. The molecule has 0 radical (unpaired) electrons. The molecule has 1 aromatic carbocycles. The fraction of sp³-hybridized carbons (Fsp3) is 0.200. The summed E-state index contributed by atoms with van der Waals surface area (Å²) in [6, 6.07) is 7.20. The van der Waals surface area contributed by atoms with Crippen molar-refractivity contribution >= 4 is 5.84 Å². The Labute approximate surface area is 137 Å². The number of pyridine rings is 1. The van der Waals surface area contributed by atoms with Gasteiger partial charge in [0.2, 0.25) is 0 Å². The molecule has 0 fully saturated rings. The summed E-state index contributed by atoms with van der Waals surface area (Å²) < 4.78 is 67.6. The number of ether oxygens (including phenoxy) is 1. The molecule has 0 amide bonds. The average molecular weight is 361 g/mol. The van der Waals surface area contributed by atoms with Gasteiger partial charge in [-0.15, -0.1) is 13.2 Å². The highest BCUT2D eigenvalue weighted by Crippen LogP contribution is 2.26. The predicted molar refractivity (Wildman–Crippen MR) is 77.6 cm³/mol. The van der Waals surface area contributed by atoms with Gasteiger partial charge in [-0.05, 0) is 35.4 Å². The molecule has 0 aliphatic carbocycles. The van der Waals surface area contributed by atoms with Crippen molar-refractivity contribution in [3.63, 3.8) is 0 Å². The van der Waals surface area contributed by atoms with Crippen LogP contribution in [0.1, 0.15) is 0 Å². The van der Waals surface area contributed by atoms with Crippen LogP contribution in [0.4, 0.5) is 22.0 Å². The van der Waals surface area contributed by atoms with Crippen molar-refractivity contribution < 1.29 is 31.8 Å². The Morgan fingerprint density at radius 3 is 2.08 bits per heavy atom. The van der Waals surface area contributed by atoms with Gasteiger partial charge >= 0.3 is 12.3 Å². The van der Waals surface area contributed by atoms with Crippen LogP contribution in [0.25, 0.3) is 11.1 Å². The summed E-state index contributed by atoms with van der Waals surface area (Å²) in [5, 5.41) is 23.7. The van der Waals surface area contributed by atoms with Crippen LogP contribution < -0.4 is 10.2 Å². The Bertz CT molecular complexity index is 828. The topological polar surface area (TPSA) is 82.1 Å². The lowest BCUT2D eigenvalue weighted by Gasteiger charge is -2.17. The van der Waals surface area contributed by atoms with Gasteiger partial charge in [0, 0.05) is 6.20 Å². The number of aromatic nitrogens is 1. The van der Waals surface area contributed by atoms with Crippen LogP contribution in [0.5, 0.6) is 5.75 Å². The number of alkyl halides is 5. The second-order valence-corrected chi connectivity index (χ2v) is 4.96. The largest absolute Gasteiger partial charge is 0.573 e. The molecule has 2 rings (SSSR count). The van der Waals surface area contributed by atoms with Crippen molar-refractivity contribution in [1.82, 2.24) is 4.57 Å². The number of nitrogens with zero attached hydrogens (tertiary/aromatic N) is 1. The van der Waals surface area contributed by atoms with Gasteiger partial charge in [0.05, 0.1) is 0 Å². The fourth-order valence-corrected chi connectivity index (χ4v) is 1.96. The van der Waals surface area contributed by atoms with Crippen molar-refractivity contribution in [2.24, 2.45) is 0 Å². The summed E-state index contributed by atoms with van der Waals surface area (Å²) in [4.78, 5) is 0. The molecule has 3 N–H and O–H groups in total. The minimum absolute atomic E-state index is 0.285. The molecule has 134 valence electrons. The smallest absolute Gasteiger partial charge is 0.406 e. The second-order valence-electron chi connectivity index (χ2n) is 4.96. The molecule has 0 saturated heterocycles. The zero-order valence-electron chi connectivity index (χ0n) is 12.4. The lowest BCUT2D eigenvalue weighted by atomic mass is 10.1. The molecule has 0 aliphatic rings. The van der Waals surface area contributed by atoms with Crippen LogP contribution in [0.2, 0.25) is 0 Å². The number of rotatable bonds is 4. The molecule has 0 atom stereocenters. The number of halogens is 5. The normalized spacial score (nSPS) is 12.1. The summed E-state index contributed by atoms with van der Waals surface area (Å²) in [7, 11) is 0. The molecule has 0 unspecified atom stereocenters. The van der Waals surface area contributed by atoms with Crippen molar-refractivity contribution in [3.05, 3.63) is 48.1 Å². The predicted octanol–water partition coefficient (Wildman–Crippen LogP) is 2.99. The quantitative estimate of drug-likeness (QED) is 0.445. The highest BCUT2D eigenvalue weighted by molar-refractivity contribution is 5.88. The molecule has 0 saturated carbocycles. The van der Waals surface area contributed by atoms with Gasteiger partial charge in [0.25, 0.3) is 0 Å². The molecule has 1 heterocycles. The standard InChI is InChI=1S/C15H12F5N3O2/c16-14(17,8-24)13(22)23-7-10(3-6-12(23)21)9-1-4-11(5-2-9)25-15(18,19)20/h1-7,21-22,24H,8H2. The van der Waals surface area contributed by atoms with Gasteiger partial charge in [-0.1, -0.05) is 12.1 Å². The average Bonchev–Trinajstić information content (AvgIpc) is 2.54. The van der Waals surface area contributed by atoms with E-state index in [0.29, 0.717) is 10.1 Å². The zero-order chi connectivity index (χ0) is 18.8. The molecule has 1 aromatic heterocycles. The molecular formula is C15H12F5N3O2. The maximum atomic E-state index is 13.5. The van der Waals surface area contributed by atoms with Crippen LogP contribution in [0.3, 0.4) is 0 Å². The Morgan fingerprint density at radius 2 is 1.56 bits per heavy atom. The first-order valence-corrected chi connectivity index (χ1v) is 6.75. The summed E-state index contributed by atoms with van der Waals surface area (Å²) in [5.74, 6) is -5.58. The number of benzene rings is 1. The van der Waals surface area contributed by atoms with Gasteiger partial charge in [-0.3, -0.25) is 15.4 Å². The summed E-state index contributed by atoms with van der Waals surface area (Å²) in [6.45, 7) is -1.59. The first-order valence-electron chi connectivity index (χ1n) is 6.75. The van der Waals surface area contributed by atoms with Crippen LogP contribution in [-0.4, -0.2) is 34.4 Å². The minimum Gasteiger partial charge on any atom is -0.406 e. The van der Waals surface area contributed by atoms with Gasteiger partial charge in [-0.25, -0.2) is 0 Å². The number of hydrogen-bond acceptors (Lipinski definition) is 4. The number of aliphatic hydroxyl groups excluding tert-OH is 1. The Balaban J connectivity index is 2.37. The van der Waals surface area contributed by atoms with E-state index >= 15 is 0 Å². The van der Waals surface area contributed by atoms with E-state index in [-0.39, 0.29) is 5.56 Å². The van der Waals surface area contributed by atoms with Gasteiger partial charge in [-0.2, -0.15) is 8.78 Å². The van der Waals surface area contributed by atoms with E-state index < -0.39 is 36.0 Å². The maximum absolute atomic E-state index is 13.5. The van der Waals surface area contributed by atoms with Crippen LogP contribution >= 0.6 is 0 Å². The molecule has 25 heavy (non-hydrogen) atoms. The highest BCUT2D eigenvalue weighted by atomic mass is 19.4. The Kier molecular flexibility index (Phi) is 4.93. The third kappa shape index (κ3) is 4.41.